The van der Waals surface area contributed by atoms with Crippen molar-refractivity contribution in [2.24, 2.45) is 7.05 Å². The number of amides is 1. The number of anilines is 2. The van der Waals surface area contributed by atoms with E-state index in [0.29, 0.717) is 17.1 Å². The number of ketones is 1. The van der Waals surface area contributed by atoms with Crippen LogP contribution in [0.5, 0.6) is 0 Å². The number of benzene rings is 1. The first kappa shape index (κ1) is 20.1. The number of Topliss-reactive ketones (excluding diaryl/α,β-unsaturated/α-hetero) is 1. The molecule has 0 fully saturated rings. The molecule has 2 heterocycles. The predicted octanol–water partition coefficient (Wildman–Crippen LogP) is 1.83. The highest BCUT2D eigenvalue weighted by molar-refractivity contribution is 6.20. The van der Waals surface area contributed by atoms with E-state index in [0.717, 1.165) is 5.69 Å². The van der Waals surface area contributed by atoms with E-state index >= 15 is 0 Å². The van der Waals surface area contributed by atoms with Crippen LogP contribution in [0.25, 0.3) is 0 Å². The van der Waals surface area contributed by atoms with E-state index in [1.807, 2.05) is 13.0 Å². The van der Waals surface area contributed by atoms with Gasteiger partial charge in [-0.15, -0.1) is 0 Å². The van der Waals surface area contributed by atoms with Crippen LogP contribution in [0.4, 0.5) is 11.4 Å². The number of ether oxygens (including phenoxy) is 2. The molecule has 9 heteroatoms. The van der Waals surface area contributed by atoms with Gasteiger partial charge in [-0.1, -0.05) is 18.2 Å². The van der Waals surface area contributed by atoms with Gasteiger partial charge in [-0.25, -0.2) is 4.79 Å². The summed E-state index contributed by atoms with van der Waals surface area (Å²) in [5.41, 5.74) is 2.38. The maximum Gasteiger partial charge on any atom is 0.348 e. The van der Waals surface area contributed by atoms with E-state index in [-0.39, 0.29) is 18.1 Å². The van der Waals surface area contributed by atoms with Crippen molar-refractivity contribution in [3.63, 3.8) is 0 Å². The van der Waals surface area contributed by atoms with E-state index in [1.54, 1.807) is 42.9 Å². The summed E-state index contributed by atoms with van der Waals surface area (Å²) in [6.45, 7) is 4.74. The molecule has 152 valence electrons. The van der Waals surface area contributed by atoms with Gasteiger partial charge in [-0.3, -0.25) is 14.3 Å². The SMILES string of the molecule is Cc1nn(C)c(C)c1NC(=O)[C@@H](C)OC(=O)C1=C(Nc2ccccc2)OCC1=O. The summed E-state index contributed by atoms with van der Waals surface area (Å²) in [4.78, 5) is 37.1. The van der Waals surface area contributed by atoms with Gasteiger partial charge in [0.05, 0.1) is 17.1 Å². The average molecular weight is 398 g/mol. The molecule has 0 bridgehead atoms. The number of nitrogens with zero attached hydrogens (tertiary/aromatic N) is 2. The molecule has 1 aromatic heterocycles. The number of esters is 1. The zero-order valence-electron chi connectivity index (χ0n) is 16.6. The minimum Gasteiger partial charge on any atom is -0.470 e. The highest BCUT2D eigenvalue weighted by atomic mass is 16.6. The van der Waals surface area contributed by atoms with Crippen LogP contribution in [0.3, 0.4) is 0 Å². The third kappa shape index (κ3) is 4.29. The van der Waals surface area contributed by atoms with Gasteiger partial charge in [0, 0.05) is 12.7 Å². The van der Waals surface area contributed by atoms with Gasteiger partial charge in [0.25, 0.3) is 5.91 Å². The molecule has 3 rings (SSSR count). The van der Waals surface area contributed by atoms with Crippen LogP contribution in [0, 0.1) is 13.8 Å². The van der Waals surface area contributed by atoms with Crippen LogP contribution >= 0.6 is 0 Å². The first-order chi connectivity index (χ1) is 13.8. The Balaban J connectivity index is 1.71. The van der Waals surface area contributed by atoms with E-state index in [9.17, 15) is 14.4 Å². The third-order valence-electron chi connectivity index (χ3n) is 4.50. The molecular weight excluding hydrogens is 376 g/mol. The topological polar surface area (TPSA) is 112 Å². The molecule has 2 aromatic rings. The summed E-state index contributed by atoms with van der Waals surface area (Å²) >= 11 is 0. The Bertz CT molecular complexity index is 994. The quantitative estimate of drug-likeness (QED) is 0.564. The van der Waals surface area contributed by atoms with Gasteiger partial charge in [-0.05, 0) is 32.9 Å². The minimum absolute atomic E-state index is 0.0118. The molecule has 0 radical (unpaired) electrons. The molecule has 2 N–H and O–H groups in total. The fourth-order valence-electron chi connectivity index (χ4n) is 2.82. The molecule has 0 saturated carbocycles. The summed E-state index contributed by atoms with van der Waals surface area (Å²) in [5, 5.41) is 9.82. The number of hydrogen-bond acceptors (Lipinski definition) is 7. The lowest BCUT2D eigenvalue weighted by atomic mass is 10.2. The first-order valence-electron chi connectivity index (χ1n) is 9.02. The van der Waals surface area contributed by atoms with E-state index in [4.69, 9.17) is 9.47 Å². The Hall–Kier alpha value is -3.62. The monoisotopic (exact) mass is 398 g/mol. The van der Waals surface area contributed by atoms with E-state index < -0.39 is 23.8 Å². The van der Waals surface area contributed by atoms with Crippen molar-refractivity contribution in [2.75, 3.05) is 17.2 Å². The fourth-order valence-corrected chi connectivity index (χ4v) is 2.82. The zero-order chi connectivity index (χ0) is 21.1. The Morgan fingerprint density at radius 1 is 1.24 bits per heavy atom. The minimum atomic E-state index is -1.12. The van der Waals surface area contributed by atoms with Crippen molar-refractivity contribution in [3.8, 4) is 0 Å². The molecule has 1 amide bonds. The highest BCUT2D eigenvalue weighted by Crippen LogP contribution is 2.22. The van der Waals surface area contributed by atoms with Crippen molar-refractivity contribution in [1.29, 1.82) is 0 Å². The molecule has 29 heavy (non-hydrogen) atoms. The number of carbonyl (C=O) groups excluding carboxylic acids is 3. The molecule has 1 atom stereocenters. The number of para-hydroxylation sites is 1. The third-order valence-corrected chi connectivity index (χ3v) is 4.50. The number of carbonyl (C=O) groups is 3. The number of nitrogens with one attached hydrogen (secondary N) is 2. The molecule has 0 aliphatic carbocycles. The second-order valence-electron chi connectivity index (χ2n) is 6.61. The Morgan fingerprint density at radius 3 is 2.55 bits per heavy atom. The number of aryl methyl sites for hydroxylation is 2. The van der Waals surface area contributed by atoms with E-state index in [2.05, 4.69) is 15.7 Å². The van der Waals surface area contributed by atoms with Crippen molar-refractivity contribution < 1.29 is 23.9 Å². The predicted molar refractivity (Wildman–Crippen MR) is 105 cm³/mol. The molecule has 1 aliphatic heterocycles. The second-order valence-corrected chi connectivity index (χ2v) is 6.61. The van der Waals surface area contributed by atoms with E-state index in [1.165, 1.54) is 6.92 Å². The lowest BCUT2D eigenvalue weighted by Crippen LogP contribution is -2.32. The van der Waals surface area contributed by atoms with Gasteiger partial charge in [-0.2, -0.15) is 5.10 Å². The summed E-state index contributed by atoms with van der Waals surface area (Å²) < 4.78 is 12.1. The molecule has 0 spiro atoms. The van der Waals surface area contributed by atoms with Crippen LogP contribution in [0.15, 0.2) is 41.8 Å². The number of aromatic nitrogens is 2. The van der Waals surface area contributed by atoms with Crippen LogP contribution in [0.2, 0.25) is 0 Å². The molecule has 0 saturated heterocycles. The smallest absolute Gasteiger partial charge is 0.348 e. The summed E-state index contributed by atoms with van der Waals surface area (Å²) in [5.74, 6) is -1.95. The van der Waals surface area contributed by atoms with Gasteiger partial charge in [0.1, 0.15) is 0 Å². The highest BCUT2D eigenvalue weighted by Gasteiger charge is 2.34. The fraction of sp³-hybridized carbons (Fsp3) is 0.300. The molecule has 1 aromatic carbocycles. The van der Waals surface area contributed by atoms with Crippen molar-refractivity contribution in [2.45, 2.75) is 26.9 Å². The zero-order valence-corrected chi connectivity index (χ0v) is 16.6. The van der Waals surface area contributed by atoms with Gasteiger partial charge in [0.15, 0.2) is 18.3 Å². The Morgan fingerprint density at radius 2 is 1.93 bits per heavy atom. The number of hydrogen-bond donors (Lipinski definition) is 2. The summed E-state index contributed by atoms with van der Waals surface area (Å²) in [6.07, 6.45) is -1.12. The maximum absolute atomic E-state index is 12.5. The molecule has 0 unspecified atom stereocenters. The second kappa shape index (κ2) is 8.17. The largest absolute Gasteiger partial charge is 0.470 e. The van der Waals surface area contributed by atoms with Crippen LogP contribution in [0.1, 0.15) is 18.3 Å². The maximum atomic E-state index is 12.5. The summed E-state index contributed by atoms with van der Waals surface area (Å²) in [6, 6.07) is 8.95. The van der Waals surface area contributed by atoms with Crippen molar-refractivity contribution in [3.05, 3.63) is 53.2 Å². The number of rotatable bonds is 6. The summed E-state index contributed by atoms with van der Waals surface area (Å²) in [7, 11) is 1.76. The Kier molecular flexibility index (Phi) is 5.67. The molecule has 1 aliphatic rings. The van der Waals surface area contributed by atoms with Crippen molar-refractivity contribution >= 4 is 29.0 Å². The lowest BCUT2D eigenvalue weighted by Gasteiger charge is -2.14. The van der Waals surface area contributed by atoms with Gasteiger partial charge in [0.2, 0.25) is 11.7 Å². The first-order valence-corrected chi connectivity index (χ1v) is 9.02. The van der Waals surface area contributed by atoms with Gasteiger partial charge < -0.3 is 20.1 Å². The normalized spacial score (nSPS) is 14.4. The van der Waals surface area contributed by atoms with Crippen LogP contribution in [-0.4, -0.2) is 40.2 Å². The lowest BCUT2D eigenvalue weighted by molar-refractivity contribution is -0.150. The molecule has 9 nitrogen and oxygen atoms in total. The van der Waals surface area contributed by atoms with Gasteiger partial charge >= 0.3 is 5.97 Å². The van der Waals surface area contributed by atoms with Crippen LogP contribution < -0.4 is 10.6 Å². The van der Waals surface area contributed by atoms with Crippen LogP contribution in [-0.2, 0) is 30.9 Å². The Labute approximate surface area is 167 Å². The standard InChI is InChI=1S/C20H22N4O5/c1-11-17(12(2)24(4)23-11)22-18(26)13(3)29-20(27)16-15(25)10-28-19(16)21-14-8-6-5-7-9-14/h5-9,13,21H,10H2,1-4H3,(H,22,26)/t13-/m1/s1. The average Bonchev–Trinajstić information content (AvgIpc) is 3.16. The van der Waals surface area contributed by atoms with Crippen molar-refractivity contribution in [1.82, 2.24) is 9.78 Å². The molecular formula is C20H22N4O5.